The van der Waals surface area contributed by atoms with Crippen LogP contribution in [0.25, 0.3) is 0 Å². The van der Waals surface area contributed by atoms with E-state index in [2.05, 4.69) is 62.8 Å². The summed E-state index contributed by atoms with van der Waals surface area (Å²) >= 11 is 0. The van der Waals surface area contributed by atoms with Gasteiger partial charge in [0.25, 0.3) is 0 Å². The number of amidine groups is 1. The van der Waals surface area contributed by atoms with Gasteiger partial charge in [-0.05, 0) is 58.0 Å². The highest BCUT2D eigenvalue weighted by Gasteiger charge is 2.21. The Hall–Kier alpha value is -3.00. The van der Waals surface area contributed by atoms with E-state index in [0.29, 0.717) is 17.7 Å². The van der Waals surface area contributed by atoms with E-state index in [4.69, 9.17) is 10.5 Å². The molecule has 38 heavy (non-hydrogen) atoms. The minimum atomic E-state index is 0.339. The Balaban J connectivity index is 0. The molecule has 218 valence electrons. The van der Waals surface area contributed by atoms with Crippen molar-refractivity contribution in [1.82, 2.24) is 25.5 Å². The van der Waals surface area contributed by atoms with Gasteiger partial charge in [0.15, 0.2) is 0 Å². The van der Waals surface area contributed by atoms with Crippen molar-refractivity contribution in [3.05, 3.63) is 66.5 Å². The van der Waals surface area contributed by atoms with E-state index in [1.807, 2.05) is 79.3 Å². The quantitative estimate of drug-likeness (QED) is 0.185. The lowest BCUT2D eigenvalue weighted by Crippen LogP contribution is -2.33. The molecule has 1 saturated heterocycles. The Labute approximate surface area is 234 Å². The molecule has 4 N–H and O–H groups in total. The Kier molecular flexibility index (Phi) is 25.1. The summed E-state index contributed by atoms with van der Waals surface area (Å²) in [4.78, 5) is 6.59. The Morgan fingerprint density at radius 3 is 2.45 bits per heavy atom. The standard InChI is InChI=1S/C19H28N4O.C5H10N2.C2H7N.2C2H6/c1-16(8-4-6-13-24-2)14-19(20)22-23-12-7-9-17(15-23)18-10-3-5-11-21-18;1-5-3-7(2)4-6-5;1-3-2;2*1-2/h3-6,8,10-11,13,16-17H,7,9,12,14-15H2,1-2H3,(H2,20,22);3,6H,4H2,1-2H3;3H,1-2H3;2*1-2H3/b8-4-,13-6+;;;;/t16?,17-;;;;/m0..../s1. The summed E-state index contributed by atoms with van der Waals surface area (Å²) in [5, 5.41) is 12.6. The van der Waals surface area contributed by atoms with Crippen molar-refractivity contribution in [1.29, 1.82) is 0 Å². The van der Waals surface area contributed by atoms with Gasteiger partial charge in [-0.25, -0.2) is 0 Å². The third-order valence-corrected chi connectivity index (χ3v) is 5.09. The van der Waals surface area contributed by atoms with Crippen LogP contribution in [-0.2, 0) is 4.74 Å². The molecular formula is C30H57N7O. The van der Waals surface area contributed by atoms with E-state index >= 15 is 0 Å². The second-order valence-corrected chi connectivity index (χ2v) is 8.63. The van der Waals surface area contributed by atoms with Gasteiger partial charge in [-0.2, -0.15) is 5.10 Å². The molecule has 1 unspecified atom stereocenters. The van der Waals surface area contributed by atoms with Crippen LogP contribution in [0, 0.1) is 5.92 Å². The average Bonchev–Trinajstić information content (AvgIpc) is 3.32. The molecule has 1 aromatic heterocycles. The number of hydrogen-bond acceptors (Lipinski definition) is 7. The monoisotopic (exact) mass is 531 g/mol. The van der Waals surface area contributed by atoms with E-state index in [0.717, 1.165) is 44.7 Å². The summed E-state index contributed by atoms with van der Waals surface area (Å²) in [6.07, 6.45) is 14.6. The Bertz CT molecular complexity index is 778. The molecule has 8 nitrogen and oxygen atoms in total. The lowest BCUT2D eigenvalue weighted by atomic mass is 9.95. The van der Waals surface area contributed by atoms with Crippen LogP contribution in [0.3, 0.4) is 0 Å². The van der Waals surface area contributed by atoms with Crippen LogP contribution < -0.4 is 16.4 Å². The van der Waals surface area contributed by atoms with Crippen LogP contribution in [0.2, 0.25) is 0 Å². The molecule has 1 aromatic rings. The summed E-state index contributed by atoms with van der Waals surface area (Å²) in [7, 11) is 7.43. The van der Waals surface area contributed by atoms with E-state index < -0.39 is 0 Å². The number of rotatable bonds is 7. The Morgan fingerprint density at radius 1 is 1.26 bits per heavy atom. The summed E-state index contributed by atoms with van der Waals surface area (Å²) < 4.78 is 4.86. The average molecular weight is 532 g/mol. The number of hydrogen-bond donors (Lipinski definition) is 3. The van der Waals surface area contributed by atoms with E-state index in [9.17, 15) is 0 Å². The molecule has 1 fully saturated rings. The second-order valence-electron chi connectivity index (χ2n) is 8.63. The molecule has 2 atom stereocenters. The van der Waals surface area contributed by atoms with Crippen LogP contribution in [-0.4, -0.2) is 68.7 Å². The van der Waals surface area contributed by atoms with Crippen molar-refractivity contribution in [3.8, 4) is 0 Å². The number of nitrogens with one attached hydrogen (secondary N) is 2. The number of allylic oxidation sites excluding steroid dienone is 4. The lowest BCUT2D eigenvalue weighted by Gasteiger charge is -2.30. The molecule has 2 aliphatic heterocycles. The zero-order chi connectivity index (χ0) is 29.2. The molecular weight excluding hydrogens is 474 g/mol. The largest absolute Gasteiger partial charge is 0.504 e. The molecule has 8 heteroatoms. The van der Waals surface area contributed by atoms with Gasteiger partial charge in [-0.15, -0.1) is 0 Å². The van der Waals surface area contributed by atoms with Crippen LogP contribution in [0.1, 0.15) is 72.4 Å². The minimum Gasteiger partial charge on any atom is -0.504 e. The fourth-order valence-electron chi connectivity index (χ4n) is 3.58. The molecule has 0 aliphatic carbocycles. The van der Waals surface area contributed by atoms with E-state index in [1.165, 1.54) is 5.70 Å². The number of nitrogens with zero attached hydrogens (tertiary/aromatic N) is 4. The molecule has 0 saturated carbocycles. The number of pyridine rings is 1. The predicted molar refractivity (Wildman–Crippen MR) is 166 cm³/mol. The topological polar surface area (TPSA) is 91.0 Å². The molecule has 0 amide bonds. The van der Waals surface area contributed by atoms with Gasteiger partial charge in [-0.3, -0.25) is 9.99 Å². The van der Waals surface area contributed by atoms with Gasteiger partial charge in [0, 0.05) is 56.3 Å². The van der Waals surface area contributed by atoms with Crippen LogP contribution >= 0.6 is 0 Å². The van der Waals surface area contributed by atoms with Gasteiger partial charge in [-0.1, -0.05) is 52.8 Å². The van der Waals surface area contributed by atoms with Crippen molar-refractivity contribution in [2.75, 3.05) is 48.0 Å². The second kappa shape index (κ2) is 25.6. The molecule has 0 radical (unpaired) electrons. The van der Waals surface area contributed by atoms with E-state index in [-0.39, 0.29) is 0 Å². The first-order valence-electron chi connectivity index (χ1n) is 14.0. The highest BCUT2D eigenvalue weighted by atomic mass is 16.5. The van der Waals surface area contributed by atoms with Crippen molar-refractivity contribution >= 4 is 5.84 Å². The SMILES string of the molecule is CC.CC.CC1=CN(C)CN1.CNC.CO/C=C/C=C\C(C)C/C(N)=N/N1CCC[C@H](c2ccccn2)C1. The number of aromatic nitrogens is 1. The molecule has 3 heterocycles. The molecule has 3 rings (SSSR count). The van der Waals surface area contributed by atoms with Gasteiger partial charge >= 0.3 is 0 Å². The number of nitrogens with two attached hydrogens (primary N) is 1. The molecule has 0 spiro atoms. The first-order valence-corrected chi connectivity index (χ1v) is 14.0. The zero-order valence-corrected chi connectivity index (χ0v) is 25.9. The smallest absolute Gasteiger partial charge is 0.120 e. The molecule has 0 bridgehead atoms. The lowest BCUT2D eigenvalue weighted by molar-refractivity contribution is 0.214. The van der Waals surface area contributed by atoms with E-state index in [1.54, 1.807) is 13.4 Å². The highest BCUT2D eigenvalue weighted by molar-refractivity contribution is 5.80. The number of hydrazone groups is 1. The maximum Gasteiger partial charge on any atom is 0.120 e. The van der Waals surface area contributed by atoms with Gasteiger partial charge < -0.3 is 26.0 Å². The third kappa shape index (κ3) is 19.2. The van der Waals surface area contributed by atoms with Gasteiger partial charge in [0.05, 0.1) is 20.0 Å². The summed E-state index contributed by atoms with van der Waals surface area (Å²) in [5.41, 5.74) is 8.54. The summed E-state index contributed by atoms with van der Waals surface area (Å²) in [6.45, 7) is 15.0. The number of piperidine rings is 1. The minimum absolute atomic E-state index is 0.339. The van der Waals surface area contributed by atoms with Crippen LogP contribution in [0.15, 0.2) is 65.9 Å². The van der Waals surface area contributed by atoms with Crippen molar-refractivity contribution in [2.45, 2.75) is 66.7 Å². The summed E-state index contributed by atoms with van der Waals surface area (Å²) in [6, 6.07) is 6.10. The van der Waals surface area contributed by atoms with Crippen LogP contribution in [0.5, 0.6) is 0 Å². The number of ether oxygens (including phenoxy) is 1. The van der Waals surface area contributed by atoms with Crippen molar-refractivity contribution in [3.63, 3.8) is 0 Å². The van der Waals surface area contributed by atoms with Crippen molar-refractivity contribution < 1.29 is 4.74 Å². The fraction of sp³-hybridized carbons (Fsp3) is 0.600. The normalized spacial score (nSPS) is 17.4. The zero-order valence-electron chi connectivity index (χ0n) is 25.9. The fourth-order valence-corrected chi connectivity index (χ4v) is 3.58. The maximum absolute atomic E-state index is 6.14. The highest BCUT2D eigenvalue weighted by Crippen LogP contribution is 2.25. The van der Waals surface area contributed by atoms with Crippen LogP contribution in [0.4, 0.5) is 0 Å². The third-order valence-electron chi connectivity index (χ3n) is 5.09. The van der Waals surface area contributed by atoms with Gasteiger partial charge in [0.1, 0.15) is 5.84 Å². The number of methoxy groups -OCH3 is 1. The van der Waals surface area contributed by atoms with Crippen molar-refractivity contribution in [2.24, 2.45) is 16.8 Å². The van der Waals surface area contributed by atoms with Gasteiger partial charge in [0.2, 0.25) is 0 Å². The maximum atomic E-state index is 6.14. The Morgan fingerprint density at radius 2 is 1.95 bits per heavy atom. The predicted octanol–water partition coefficient (Wildman–Crippen LogP) is 5.50. The first-order chi connectivity index (χ1) is 18.4. The summed E-state index contributed by atoms with van der Waals surface area (Å²) in [5.74, 6) is 1.46. The molecule has 2 aliphatic rings. The molecule has 0 aromatic carbocycles. The first kappa shape index (κ1) is 37.2.